The van der Waals surface area contributed by atoms with E-state index in [1.54, 1.807) is 0 Å². The topological polar surface area (TPSA) is 57.7 Å². The number of benzene rings is 2. The largest absolute Gasteiger partial charge is 0.293 e. The Labute approximate surface area is 159 Å². The number of aryl methyl sites for hydroxylation is 1. The van der Waals surface area contributed by atoms with E-state index in [0.29, 0.717) is 38.2 Å². The summed E-state index contributed by atoms with van der Waals surface area (Å²) in [5, 5.41) is 0. The van der Waals surface area contributed by atoms with Gasteiger partial charge in [-0.1, -0.05) is 30.3 Å². The van der Waals surface area contributed by atoms with E-state index in [1.807, 2.05) is 35.2 Å². The molecule has 1 aliphatic rings. The molecule has 0 aliphatic carbocycles. The van der Waals surface area contributed by atoms with Crippen LogP contribution in [0.2, 0.25) is 0 Å². The van der Waals surface area contributed by atoms with Crippen LogP contribution in [0.25, 0.3) is 0 Å². The number of halogens is 1. The van der Waals surface area contributed by atoms with Crippen molar-refractivity contribution in [3.63, 3.8) is 0 Å². The first-order chi connectivity index (χ1) is 12.9. The number of ketones is 1. The molecule has 0 amide bonds. The molecule has 1 saturated heterocycles. The number of hydrogen-bond donors (Lipinski definition) is 0. The molecule has 27 heavy (non-hydrogen) atoms. The molecule has 0 N–H and O–H groups in total. The van der Waals surface area contributed by atoms with E-state index in [9.17, 15) is 17.6 Å². The molecule has 1 fully saturated rings. The van der Waals surface area contributed by atoms with Gasteiger partial charge in [-0.25, -0.2) is 12.8 Å². The zero-order valence-electron chi connectivity index (χ0n) is 15.1. The van der Waals surface area contributed by atoms with E-state index in [1.165, 1.54) is 28.6 Å². The summed E-state index contributed by atoms with van der Waals surface area (Å²) in [4.78, 5) is 14.2. The molecular formula is C20H23FN2O3S. The smallest absolute Gasteiger partial charge is 0.214 e. The van der Waals surface area contributed by atoms with Gasteiger partial charge in [-0.15, -0.1) is 0 Å². The van der Waals surface area contributed by atoms with Crippen LogP contribution in [0.1, 0.15) is 15.9 Å². The molecule has 0 atom stereocenters. The van der Waals surface area contributed by atoms with Gasteiger partial charge in [0.15, 0.2) is 5.78 Å². The molecule has 2 aromatic rings. The molecule has 1 aliphatic heterocycles. The van der Waals surface area contributed by atoms with Crippen LogP contribution in [-0.2, 0) is 16.4 Å². The zero-order valence-corrected chi connectivity index (χ0v) is 15.9. The van der Waals surface area contributed by atoms with Crippen molar-refractivity contribution in [3.8, 4) is 0 Å². The van der Waals surface area contributed by atoms with Crippen LogP contribution in [0.3, 0.4) is 0 Å². The van der Waals surface area contributed by atoms with Gasteiger partial charge in [-0.3, -0.25) is 9.69 Å². The third-order valence-electron chi connectivity index (χ3n) is 4.75. The normalized spacial score (nSPS) is 16.3. The highest BCUT2D eigenvalue weighted by atomic mass is 32.2. The SMILES string of the molecule is O=C(CN1CCN(S(=O)(=O)CCc2ccccc2)CC1)c1ccc(F)cc1. The average Bonchev–Trinajstić information content (AvgIpc) is 2.68. The maximum absolute atomic E-state index is 13.0. The molecule has 0 aromatic heterocycles. The Bertz CT molecular complexity index is 862. The summed E-state index contributed by atoms with van der Waals surface area (Å²) >= 11 is 0. The van der Waals surface area contributed by atoms with Crippen molar-refractivity contribution in [2.45, 2.75) is 6.42 Å². The Morgan fingerprint density at radius 1 is 0.926 bits per heavy atom. The quantitative estimate of drug-likeness (QED) is 0.680. The van der Waals surface area contributed by atoms with Crippen molar-refractivity contribution >= 4 is 15.8 Å². The molecule has 2 aromatic carbocycles. The summed E-state index contributed by atoms with van der Waals surface area (Å²) in [6, 6.07) is 15.0. The van der Waals surface area contributed by atoms with Crippen LogP contribution in [0.15, 0.2) is 54.6 Å². The summed E-state index contributed by atoms with van der Waals surface area (Å²) in [5.74, 6) is -0.373. The fourth-order valence-electron chi connectivity index (χ4n) is 3.12. The lowest BCUT2D eigenvalue weighted by atomic mass is 10.1. The number of nitrogens with zero attached hydrogens (tertiary/aromatic N) is 2. The second-order valence-corrected chi connectivity index (χ2v) is 8.75. The summed E-state index contributed by atoms with van der Waals surface area (Å²) in [6.07, 6.45) is 0.493. The average molecular weight is 390 g/mol. The van der Waals surface area contributed by atoms with E-state index >= 15 is 0 Å². The number of Topliss-reactive ketones (excluding diaryl/α,β-unsaturated/α-hetero) is 1. The van der Waals surface area contributed by atoms with Crippen LogP contribution < -0.4 is 0 Å². The Morgan fingerprint density at radius 2 is 1.56 bits per heavy atom. The molecule has 0 radical (unpaired) electrons. The first-order valence-corrected chi connectivity index (χ1v) is 10.6. The van der Waals surface area contributed by atoms with Gasteiger partial charge in [0.05, 0.1) is 12.3 Å². The zero-order chi connectivity index (χ0) is 19.3. The predicted octanol–water partition coefficient (Wildman–Crippen LogP) is 2.20. The third kappa shape index (κ3) is 5.45. The molecule has 0 saturated carbocycles. The highest BCUT2D eigenvalue weighted by molar-refractivity contribution is 7.89. The van der Waals surface area contributed by atoms with Crippen molar-refractivity contribution in [3.05, 3.63) is 71.5 Å². The van der Waals surface area contributed by atoms with Crippen LogP contribution in [0.5, 0.6) is 0 Å². The van der Waals surface area contributed by atoms with Crippen LogP contribution in [-0.4, -0.2) is 61.9 Å². The molecular weight excluding hydrogens is 367 g/mol. The lowest BCUT2D eigenvalue weighted by Gasteiger charge is -2.33. The number of piperazine rings is 1. The predicted molar refractivity (Wildman–Crippen MR) is 103 cm³/mol. The fraction of sp³-hybridized carbons (Fsp3) is 0.350. The van der Waals surface area contributed by atoms with Crippen molar-refractivity contribution in [2.75, 3.05) is 38.5 Å². The van der Waals surface area contributed by atoms with E-state index in [0.717, 1.165) is 5.56 Å². The summed E-state index contributed by atoms with van der Waals surface area (Å²) in [7, 11) is -3.31. The number of carbonyl (C=O) groups is 1. The van der Waals surface area contributed by atoms with E-state index < -0.39 is 10.0 Å². The maximum Gasteiger partial charge on any atom is 0.214 e. The molecule has 7 heteroatoms. The van der Waals surface area contributed by atoms with E-state index in [4.69, 9.17) is 0 Å². The van der Waals surface area contributed by atoms with Crippen molar-refractivity contribution in [1.29, 1.82) is 0 Å². The minimum Gasteiger partial charge on any atom is -0.293 e. The van der Waals surface area contributed by atoms with Gasteiger partial charge in [-0.05, 0) is 36.2 Å². The van der Waals surface area contributed by atoms with Gasteiger partial charge in [0.2, 0.25) is 10.0 Å². The van der Waals surface area contributed by atoms with Crippen LogP contribution in [0.4, 0.5) is 4.39 Å². The van der Waals surface area contributed by atoms with E-state index in [2.05, 4.69) is 0 Å². The molecule has 1 heterocycles. The molecule has 5 nitrogen and oxygen atoms in total. The number of rotatable bonds is 7. The summed E-state index contributed by atoms with van der Waals surface area (Å²) in [5.41, 5.74) is 1.47. The lowest BCUT2D eigenvalue weighted by molar-refractivity contribution is 0.0901. The highest BCUT2D eigenvalue weighted by Crippen LogP contribution is 2.12. The molecule has 0 bridgehead atoms. The Kier molecular flexibility index (Phi) is 6.36. The van der Waals surface area contributed by atoms with Gasteiger partial charge in [0.1, 0.15) is 5.82 Å². The minimum absolute atomic E-state index is 0.0876. The van der Waals surface area contributed by atoms with Gasteiger partial charge in [0.25, 0.3) is 0 Å². The summed E-state index contributed by atoms with van der Waals surface area (Å²) in [6.45, 7) is 2.00. The van der Waals surface area contributed by atoms with Crippen molar-refractivity contribution in [2.24, 2.45) is 0 Å². The van der Waals surface area contributed by atoms with Crippen LogP contribution >= 0.6 is 0 Å². The van der Waals surface area contributed by atoms with Crippen LogP contribution in [0, 0.1) is 5.82 Å². The molecule has 0 unspecified atom stereocenters. The second kappa shape index (κ2) is 8.73. The molecule has 144 valence electrons. The van der Waals surface area contributed by atoms with Gasteiger partial charge in [-0.2, -0.15) is 4.31 Å². The minimum atomic E-state index is -3.31. The Hall–Kier alpha value is -2.09. The van der Waals surface area contributed by atoms with E-state index in [-0.39, 0.29) is 23.9 Å². The maximum atomic E-state index is 13.0. The first-order valence-electron chi connectivity index (χ1n) is 8.97. The van der Waals surface area contributed by atoms with Crippen molar-refractivity contribution < 1.29 is 17.6 Å². The van der Waals surface area contributed by atoms with Gasteiger partial charge in [0, 0.05) is 31.7 Å². The number of sulfonamides is 1. The number of hydrogen-bond acceptors (Lipinski definition) is 4. The third-order valence-corrected chi connectivity index (χ3v) is 6.62. The Balaban J connectivity index is 1.49. The monoisotopic (exact) mass is 390 g/mol. The highest BCUT2D eigenvalue weighted by Gasteiger charge is 2.27. The van der Waals surface area contributed by atoms with Gasteiger partial charge >= 0.3 is 0 Å². The van der Waals surface area contributed by atoms with Crippen molar-refractivity contribution in [1.82, 2.24) is 9.21 Å². The fourth-order valence-corrected chi connectivity index (χ4v) is 4.59. The second-order valence-electron chi connectivity index (χ2n) is 6.66. The first kappa shape index (κ1) is 19.7. The number of carbonyl (C=O) groups excluding carboxylic acids is 1. The lowest BCUT2D eigenvalue weighted by Crippen LogP contribution is -2.50. The van der Waals surface area contributed by atoms with Gasteiger partial charge < -0.3 is 0 Å². The summed E-state index contributed by atoms with van der Waals surface area (Å²) < 4.78 is 39.6. The molecule has 3 rings (SSSR count). The standard InChI is InChI=1S/C20H23FN2O3S/c21-19-8-6-18(7-9-19)20(24)16-22-11-13-23(14-12-22)27(25,26)15-10-17-4-2-1-3-5-17/h1-9H,10-16H2. The molecule has 0 spiro atoms. The Morgan fingerprint density at radius 3 is 2.19 bits per heavy atom.